The first kappa shape index (κ1) is 27.5. The molecule has 2 unspecified atom stereocenters. The first-order valence-corrected chi connectivity index (χ1v) is 14.0. The van der Waals surface area contributed by atoms with Gasteiger partial charge >= 0.3 is 5.97 Å². The second-order valence-corrected chi connectivity index (χ2v) is 10.2. The van der Waals surface area contributed by atoms with Gasteiger partial charge in [-0.15, -0.1) is 10.2 Å². The number of aromatic amines is 1. The predicted molar refractivity (Wildman–Crippen MR) is 151 cm³/mol. The number of benzene rings is 2. The summed E-state index contributed by atoms with van der Waals surface area (Å²) in [6.07, 6.45) is 4.10. The molecule has 2 atom stereocenters. The Morgan fingerprint density at radius 2 is 1.82 bits per heavy atom. The van der Waals surface area contributed by atoms with Crippen LogP contribution in [-0.4, -0.2) is 55.8 Å². The van der Waals surface area contributed by atoms with Gasteiger partial charge < -0.3 is 9.47 Å². The van der Waals surface area contributed by atoms with Crippen molar-refractivity contribution in [1.29, 1.82) is 0 Å². The molecule has 40 heavy (non-hydrogen) atoms. The molecule has 10 nitrogen and oxygen atoms in total. The van der Waals surface area contributed by atoms with E-state index in [0.717, 1.165) is 59.2 Å². The Balaban J connectivity index is 1.42. The number of H-pyrrole nitrogens is 1. The monoisotopic (exact) mass is 544 g/mol. The van der Waals surface area contributed by atoms with E-state index in [1.807, 2.05) is 28.9 Å². The van der Waals surface area contributed by atoms with E-state index in [4.69, 9.17) is 9.47 Å². The molecular formula is C30H36N6O4. The van der Waals surface area contributed by atoms with Crippen LogP contribution in [-0.2, 0) is 27.1 Å². The summed E-state index contributed by atoms with van der Waals surface area (Å²) < 4.78 is 14.7. The largest absolute Gasteiger partial charge is 0.464 e. The summed E-state index contributed by atoms with van der Waals surface area (Å²) in [7, 11) is 0. The van der Waals surface area contributed by atoms with Crippen molar-refractivity contribution in [3.05, 3.63) is 75.7 Å². The van der Waals surface area contributed by atoms with Crippen LogP contribution in [0.3, 0.4) is 0 Å². The van der Waals surface area contributed by atoms with Crippen molar-refractivity contribution < 1.29 is 14.3 Å². The zero-order chi connectivity index (χ0) is 28.1. The minimum absolute atomic E-state index is 0.0336. The predicted octanol–water partition coefficient (Wildman–Crippen LogP) is 4.52. The number of rotatable bonds is 11. The highest BCUT2D eigenvalue weighted by atomic mass is 16.6. The first-order valence-electron chi connectivity index (χ1n) is 14.0. The van der Waals surface area contributed by atoms with Crippen LogP contribution in [0.15, 0.2) is 53.3 Å². The molecule has 0 bridgehead atoms. The van der Waals surface area contributed by atoms with Crippen molar-refractivity contribution in [2.24, 2.45) is 0 Å². The maximum absolute atomic E-state index is 13.9. The molecule has 0 spiro atoms. The quantitative estimate of drug-likeness (QED) is 0.276. The maximum Gasteiger partial charge on any atom is 0.332 e. The molecule has 0 fully saturated rings. The Labute approximate surface area is 233 Å². The Kier molecular flexibility index (Phi) is 8.54. The second kappa shape index (κ2) is 12.4. The number of nitrogens with zero attached hydrogens (tertiary/aromatic N) is 5. The fraction of sp³-hybridized carbons (Fsp3) is 0.433. The molecule has 3 heterocycles. The van der Waals surface area contributed by atoms with Crippen LogP contribution in [0.5, 0.6) is 0 Å². The third-order valence-corrected chi connectivity index (χ3v) is 7.49. The number of esters is 1. The number of carbonyl (C=O) groups is 1. The van der Waals surface area contributed by atoms with Crippen LogP contribution >= 0.6 is 0 Å². The first-order chi connectivity index (χ1) is 19.5. The minimum atomic E-state index is -0.384. The highest BCUT2D eigenvalue weighted by Gasteiger charge is 2.31. The molecule has 0 amide bonds. The third-order valence-electron chi connectivity index (χ3n) is 7.49. The fourth-order valence-electron chi connectivity index (χ4n) is 5.65. The smallest absolute Gasteiger partial charge is 0.332 e. The van der Waals surface area contributed by atoms with Crippen LogP contribution in [0, 0.1) is 0 Å². The van der Waals surface area contributed by atoms with Crippen molar-refractivity contribution in [3.8, 4) is 22.5 Å². The normalized spacial score (nSPS) is 16.6. The van der Waals surface area contributed by atoms with E-state index in [1.165, 1.54) is 0 Å². The van der Waals surface area contributed by atoms with E-state index in [-0.39, 0.29) is 30.2 Å². The van der Waals surface area contributed by atoms with Crippen molar-refractivity contribution in [2.45, 2.75) is 65.0 Å². The molecule has 0 aliphatic carbocycles. The highest BCUT2D eigenvalue weighted by Crippen LogP contribution is 2.32. The molecule has 10 heteroatoms. The van der Waals surface area contributed by atoms with E-state index in [0.29, 0.717) is 25.5 Å². The summed E-state index contributed by atoms with van der Waals surface area (Å²) in [4.78, 5) is 25.7. The summed E-state index contributed by atoms with van der Waals surface area (Å²) in [5, 5.41) is 14.5. The molecule has 1 aliphatic rings. The van der Waals surface area contributed by atoms with Gasteiger partial charge in [-0.25, -0.2) is 9.48 Å². The number of aromatic nitrogens is 6. The lowest BCUT2D eigenvalue weighted by molar-refractivity contribution is -0.149. The zero-order valence-corrected chi connectivity index (χ0v) is 23.3. The van der Waals surface area contributed by atoms with Gasteiger partial charge in [-0.2, -0.15) is 5.21 Å². The van der Waals surface area contributed by atoms with E-state index < -0.39 is 0 Å². The number of hydrogen-bond donors (Lipinski definition) is 1. The molecule has 0 radical (unpaired) electrons. The van der Waals surface area contributed by atoms with E-state index in [1.54, 1.807) is 6.92 Å². The van der Waals surface area contributed by atoms with Gasteiger partial charge in [0.05, 0.1) is 19.3 Å². The summed E-state index contributed by atoms with van der Waals surface area (Å²) in [5.41, 5.74) is 6.00. The Hall–Kier alpha value is -4.05. The average Bonchev–Trinajstić information content (AvgIpc) is 3.59. The van der Waals surface area contributed by atoms with E-state index in [2.05, 4.69) is 63.4 Å². The average molecular weight is 545 g/mol. The Morgan fingerprint density at radius 1 is 1.05 bits per heavy atom. The molecule has 210 valence electrons. The molecule has 2 aromatic heterocycles. The van der Waals surface area contributed by atoms with Crippen LogP contribution in [0.1, 0.15) is 68.9 Å². The van der Waals surface area contributed by atoms with Gasteiger partial charge in [0.15, 0.2) is 0 Å². The number of nitrogens with one attached hydrogen (secondary N) is 1. The second-order valence-electron chi connectivity index (χ2n) is 10.2. The topological polar surface area (TPSA) is 117 Å². The third kappa shape index (κ3) is 5.62. The lowest BCUT2D eigenvalue weighted by Crippen LogP contribution is -2.37. The van der Waals surface area contributed by atoms with E-state index >= 15 is 0 Å². The molecule has 4 aromatic rings. The standard InChI is InChI=1S/C30H36N6O4/c1-4-8-27-26(30(38)36-23(16-11-20(3)35(27)36)18-39-19-28(37)40-5-2)17-21-12-14-22(15-13-21)24-9-6-7-10-25(24)29-31-33-34-32-29/h6-7,9-10,12-15,20,23H,4-5,8,11,16-19H2,1-3H3,(H,31,32,33,34). The molecular weight excluding hydrogens is 508 g/mol. The van der Waals surface area contributed by atoms with Crippen LogP contribution in [0.2, 0.25) is 0 Å². The van der Waals surface area contributed by atoms with Crippen LogP contribution in [0.25, 0.3) is 22.5 Å². The molecule has 1 aliphatic heterocycles. The highest BCUT2D eigenvalue weighted by molar-refractivity contribution is 5.80. The SMILES string of the molecule is CCCc1c(Cc2ccc(-c3ccccc3-c3nn[nH]n3)cc2)c(=O)n2n1C(C)CCC2COCC(=O)OCC. The summed E-state index contributed by atoms with van der Waals surface area (Å²) >= 11 is 0. The van der Waals surface area contributed by atoms with Gasteiger partial charge in [-0.1, -0.05) is 61.9 Å². The van der Waals surface area contributed by atoms with Crippen molar-refractivity contribution in [2.75, 3.05) is 19.8 Å². The molecule has 2 aromatic carbocycles. The summed E-state index contributed by atoms with van der Waals surface area (Å²) in [6.45, 7) is 6.60. The fourth-order valence-corrected chi connectivity index (χ4v) is 5.65. The molecule has 1 N–H and O–H groups in total. The van der Waals surface area contributed by atoms with Crippen molar-refractivity contribution in [3.63, 3.8) is 0 Å². The number of hydrogen-bond acceptors (Lipinski definition) is 7. The lowest BCUT2D eigenvalue weighted by atomic mass is 9.96. The van der Waals surface area contributed by atoms with Gasteiger partial charge in [0.1, 0.15) is 6.61 Å². The summed E-state index contributed by atoms with van der Waals surface area (Å²) in [6, 6.07) is 16.4. The van der Waals surface area contributed by atoms with E-state index in [9.17, 15) is 9.59 Å². The van der Waals surface area contributed by atoms with Gasteiger partial charge in [0.25, 0.3) is 5.56 Å². The van der Waals surface area contributed by atoms with Gasteiger partial charge in [-0.3, -0.25) is 9.48 Å². The number of carbonyl (C=O) groups excluding carboxylic acids is 1. The van der Waals surface area contributed by atoms with Gasteiger partial charge in [-0.05, 0) is 55.0 Å². The number of tetrazole rings is 1. The van der Waals surface area contributed by atoms with Gasteiger partial charge in [0.2, 0.25) is 5.82 Å². The Morgan fingerprint density at radius 3 is 2.52 bits per heavy atom. The lowest BCUT2D eigenvalue weighted by Gasteiger charge is -2.32. The van der Waals surface area contributed by atoms with Crippen molar-refractivity contribution >= 4 is 5.97 Å². The Bertz CT molecular complexity index is 1490. The van der Waals surface area contributed by atoms with Gasteiger partial charge in [0, 0.05) is 29.3 Å². The zero-order valence-electron chi connectivity index (χ0n) is 23.3. The summed E-state index contributed by atoms with van der Waals surface area (Å²) in [5.74, 6) is 0.163. The minimum Gasteiger partial charge on any atom is -0.464 e. The van der Waals surface area contributed by atoms with Crippen molar-refractivity contribution in [1.82, 2.24) is 30.0 Å². The maximum atomic E-state index is 13.9. The number of ether oxygens (including phenoxy) is 2. The van der Waals surface area contributed by atoms with Crippen LogP contribution in [0.4, 0.5) is 0 Å². The molecule has 0 saturated heterocycles. The molecule has 0 saturated carbocycles. The van der Waals surface area contributed by atoms with Crippen LogP contribution < -0.4 is 5.56 Å². The number of fused-ring (bicyclic) bond motifs is 1. The molecule has 5 rings (SSSR count).